The summed E-state index contributed by atoms with van der Waals surface area (Å²) in [5.41, 5.74) is 3.79. The number of oxime groups is 1. The van der Waals surface area contributed by atoms with Crippen molar-refractivity contribution in [3.05, 3.63) is 24.3 Å². The fourth-order valence-electron chi connectivity index (χ4n) is 4.32. The molecule has 142 valence electrons. The van der Waals surface area contributed by atoms with Gasteiger partial charge in [0.1, 0.15) is 11.9 Å². The molecule has 27 heavy (non-hydrogen) atoms. The topological polar surface area (TPSA) is 89.7 Å². The van der Waals surface area contributed by atoms with Gasteiger partial charge in [-0.25, -0.2) is 4.98 Å². The van der Waals surface area contributed by atoms with Gasteiger partial charge < -0.3 is 14.6 Å². The van der Waals surface area contributed by atoms with E-state index in [9.17, 15) is 0 Å². The molecular formula is C19H24N6O2. The Bertz CT molecular complexity index is 971. The highest BCUT2D eigenvalue weighted by atomic mass is 16.6. The summed E-state index contributed by atoms with van der Waals surface area (Å²) in [6.45, 7) is 3.76. The first-order valence-corrected chi connectivity index (χ1v) is 9.80. The van der Waals surface area contributed by atoms with Crippen LogP contribution in [0.4, 0.5) is 0 Å². The molecule has 3 aromatic heterocycles. The van der Waals surface area contributed by atoms with Crippen LogP contribution in [0.3, 0.4) is 0 Å². The molecule has 0 bridgehead atoms. The van der Waals surface area contributed by atoms with Gasteiger partial charge in [0.2, 0.25) is 0 Å². The normalized spacial score (nSPS) is 25.7. The Kier molecular flexibility index (Phi) is 4.27. The molecule has 0 radical (unpaired) electrons. The highest BCUT2D eigenvalue weighted by Crippen LogP contribution is 2.40. The third-order valence-corrected chi connectivity index (χ3v) is 5.84. The summed E-state index contributed by atoms with van der Waals surface area (Å²) in [7, 11) is 0. The van der Waals surface area contributed by atoms with Gasteiger partial charge in [-0.1, -0.05) is 18.5 Å². The molecule has 0 spiro atoms. The number of hydrogen-bond donors (Lipinski definition) is 1. The van der Waals surface area contributed by atoms with Crippen LogP contribution in [0.5, 0.6) is 0 Å². The number of aromatic amines is 1. The SMILES string of the molecule is CC[C@@H]1CC(=NOC2CCOCC2)C[C@@H]1c1nnc2cnc3[nH]ccc3n12. The maximum Gasteiger partial charge on any atom is 0.179 e. The van der Waals surface area contributed by atoms with Crippen LogP contribution < -0.4 is 0 Å². The van der Waals surface area contributed by atoms with Gasteiger partial charge >= 0.3 is 0 Å². The van der Waals surface area contributed by atoms with Crippen LogP contribution in [-0.4, -0.2) is 49.6 Å². The second-order valence-corrected chi connectivity index (χ2v) is 7.48. The average molecular weight is 368 g/mol. The summed E-state index contributed by atoms with van der Waals surface area (Å²) < 4.78 is 7.52. The summed E-state index contributed by atoms with van der Waals surface area (Å²) in [4.78, 5) is 13.4. The van der Waals surface area contributed by atoms with Gasteiger partial charge in [-0.15, -0.1) is 10.2 Å². The molecule has 3 aromatic rings. The Balaban J connectivity index is 1.44. The maximum atomic E-state index is 5.82. The molecule has 2 aliphatic rings. The molecule has 2 atom stereocenters. The predicted octanol–water partition coefficient (Wildman–Crippen LogP) is 3.06. The Hall–Kier alpha value is -2.48. The molecule has 1 saturated heterocycles. The number of aromatic nitrogens is 5. The van der Waals surface area contributed by atoms with E-state index in [0.717, 1.165) is 73.7 Å². The van der Waals surface area contributed by atoms with E-state index in [4.69, 9.17) is 9.57 Å². The van der Waals surface area contributed by atoms with Gasteiger partial charge in [0, 0.05) is 25.0 Å². The van der Waals surface area contributed by atoms with Gasteiger partial charge in [-0.05, 0) is 24.8 Å². The molecule has 5 rings (SSSR count). The number of ether oxygens (including phenoxy) is 1. The number of nitrogens with one attached hydrogen (secondary N) is 1. The second kappa shape index (κ2) is 6.92. The summed E-state index contributed by atoms with van der Waals surface area (Å²) >= 11 is 0. The van der Waals surface area contributed by atoms with Crippen molar-refractivity contribution in [3.8, 4) is 0 Å². The quantitative estimate of drug-likeness (QED) is 0.715. The van der Waals surface area contributed by atoms with Crippen LogP contribution in [0.1, 0.15) is 50.8 Å². The van der Waals surface area contributed by atoms with Crippen molar-refractivity contribution in [3.63, 3.8) is 0 Å². The fourth-order valence-corrected chi connectivity index (χ4v) is 4.32. The molecule has 0 unspecified atom stereocenters. The highest BCUT2D eigenvalue weighted by Gasteiger charge is 2.35. The van der Waals surface area contributed by atoms with Crippen molar-refractivity contribution in [2.75, 3.05) is 13.2 Å². The van der Waals surface area contributed by atoms with Crippen LogP contribution in [-0.2, 0) is 9.57 Å². The van der Waals surface area contributed by atoms with E-state index in [2.05, 4.69) is 36.6 Å². The molecule has 1 N–H and O–H groups in total. The molecule has 0 amide bonds. The first-order chi connectivity index (χ1) is 13.3. The lowest BCUT2D eigenvalue weighted by atomic mass is 9.93. The zero-order valence-corrected chi connectivity index (χ0v) is 15.5. The third kappa shape index (κ3) is 2.97. The molecule has 0 aromatic carbocycles. The lowest BCUT2D eigenvalue weighted by Gasteiger charge is -2.20. The minimum Gasteiger partial charge on any atom is -0.392 e. The van der Waals surface area contributed by atoms with E-state index in [1.165, 1.54) is 0 Å². The zero-order valence-electron chi connectivity index (χ0n) is 15.5. The van der Waals surface area contributed by atoms with Crippen molar-refractivity contribution in [1.29, 1.82) is 0 Å². The summed E-state index contributed by atoms with van der Waals surface area (Å²) in [6.07, 6.45) is 8.62. The van der Waals surface area contributed by atoms with Crippen LogP contribution in [0.2, 0.25) is 0 Å². The van der Waals surface area contributed by atoms with Gasteiger partial charge in [0.25, 0.3) is 0 Å². The van der Waals surface area contributed by atoms with E-state index in [0.29, 0.717) is 11.8 Å². The van der Waals surface area contributed by atoms with Crippen molar-refractivity contribution in [1.82, 2.24) is 24.6 Å². The Morgan fingerprint density at radius 1 is 1.30 bits per heavy atom. The number of rotatable bonds is 4. The van der Waals surface area contributed by atoms with Gasteiger partial charge in [0.05, 0.1) is 30.6 Å². The minimum atomic E-state index is 0.185. The maximum absolute atomic E-state index is 5.82. The fraction of sp³-hybridized carbons (Fsp3) is 0.579. The monoisotopic (exact) mass is 368 g/mol. The van der Waals surface area contributed by atoms with Crippen LogP contribution in [0, 0.1) is 5.92 Å². The Morgan fingerprint density at radius 2 is 2.19 bits per heavy atom. The van der Waals surface area contributed by atoms with E-state index in [-0.39, 0.29) is 6.10 Å². The zero-order chi connectivity index (χ0) is 18.2. The molecule has 2 fully saturated rings. The first-order valence-electron chi connectivity index (χ1n) is 9.80. The Morgan fingerprint density at radius 3 is 3.04 bits per heavy atom. The number of H-pyrrole nitrogens is 1. The van der Waals surface area contributed by atoms with Gasteiger partial charge in [-0.2, -0.15) is 0 Å². The molecular weight excluding hydrogens is 344 g/mol. The van der Waals surface area contributed by atoms with Gasteiger partial charge in [0.15, 0.2) is 11.3 Å². The number of nitrogens with zero attached hydrogens (tertiary/aromatic N) is 5. The van der Waals surface area contributed by atoms with E-state index < -0.39 is 0 Å². The largest absolute Gasteiger partial charge is 0.392 e. The predicted molar refractivity (Wildman–Crippen MR) is 101 cm³/mol. The number of hydrogen-bond acceptors (Lipinski definition) is 6. The average Bonchev–Trinajstić information content (AvgIpc) is 3.43. The van der Waals surface area contributed by atoms with Crippen molar-refractivity contribution >= 4 is 22.5 Å². The van der Waals surface area contributed by atoms with Crippen LogP contribution >= 0.6 is 0 Å². The van der Waals surface area contributed by atoms with Crippen molar-refractivity contribution in [2.45, 2.75) is 51.0 Å². The minimum absolute atomic E-state index is 0.185. The summed E-state index contributed by atoms with van der Waals surface area (Å²) in [5, 5.41) is 13.4. The molecule has 4 heterocycles. The van der Waals surface area contributed by atoms with Crippen LogP contribution in [0.15, 0.2) is 23.6 Å². The lowest BCUT2D eigenvalue weighted by Crippen LogP contribution is -2.22. The van der Waals surface area contributed by atoms with Crippen LogP contribution in [0.25, 0.3) is 16.8 Å². The smallest absolute Gasteiger partial charge is 0.179 e. The first kappa shape index (κ1) is 16.7. The summed E-state index contributed by atoms with van der Waals surface area (Å²) in [6, 6.07) is 2.03. The van der Waals surface area contributed by atoms with E-state index in [1.807, 2.05) is 12.3 Å². The molecule has 1 saturated carbocycles. The number of fused-ring (bicyclic) bond motifs is 3. The summed E-state index contributed by atoms with van der Waals surface area (Å²) in [5.74, 6) is 1.79. The molecule has 1 aliphatic heterocycles. The third-order valence-electron chi connectivity index (χ3n) is 5.84. The molecule has 8 heteroatoms. The highest BCUT2D eigenvalue weighted by molar-refractivity contribution is 5.87. The van der Waals surface area contributed by atoms with E-state index >= 15 is 0 Å². The lowest BCUT2D eigenvalue weighted by molar-refractivity contribution is -0.0302. The van der Waals surface area contributed by atoms with E-state index in [1.54, 1.807) is 6.20 Å². The molecule has 1 aliphatic carbocycles. The van der Waals surface area contributed by atoms with Gasteiger partial charge in [-0.3, -0.25) is 4.40 Å². The molecule has 8 nitrogen and oxygen atoms in total. The standard InChI is InChI=1S/C19H24N6O2/c1-2-12-9-13(24-27-14-4-7-26-8-5-14)10-15(12)19-23-22-17-11-21-18-16(25(17)19)3-6-20-18/h3,6,11-12,14-15,20H,2,4-5,7-10H2,1H3/t12-,15+/m1/s1. The van der Waals surface area contributed by atoms with Crippen molar-refractivity contribution < 1.29 is 9.57 Å². The van der Waals surface area contributed by atoms with Crippen molar-refractivity contribution in [2.24, 2.45) is 11.1 Å². The Labute approximate surface area is 157 Å². The second-order valence-electron chi connectivity index (χ2n) is 7.48.